The molecule has 90 valence electrons. The molecule has 0 fully saturated rings. The van der Waals surface area contributed by atoms with Crippen LogP contribution in [0.2, 0.25) is 0 Å². The maximum absolute atomic E-state index is 12.7. The maximum Gasteiger partial charge on any atom is 0.407 e. The fourth-order valence-electron chi connectivity index (χ4n) is 1.79. The summed E-state index contributed by atoms with van der Waals surface area (Å²) in [5.41, 5.74) is 0.883. The molecule has 0 bridgehead atoms. The lowest BCUT2D eigenvalue weighted by Gasteiger charge is -2.20. The number of benzene rings is 1. The fraction of sp³-hybridized carbons (Fsp3) is 0.250. The van der Waals surface area contributed by atoms with Gasteiger partial charge in [0.2, 0.25) is 0 Å². The van der Waals surface area contributed by atoms with E-state index in [1.54, 1.807) is 24.4 Å². The summed E-state index contributed by atoms with van der Waals surface area (Å²) < 4.78 is 38.2. The van der Waals surface area contributed by atoms with Crippen LogP contribution in [0.25, 0.3) is 10.9 Å². The molecule has 2 rings (SSSR count). The minimum Gasteiger partial charge on any atom is -0.306 e. The number of aromatic nitrogens is 1. The van der Waals surface area contributed by atoms with Crippen LogP contribution in [0.15, 0.2) is 36.5 Å². The molecule has 0 aliphatic rings. The first-order valence-corrected chi connectivity index (χ1v) is 5.11. The number of hydrogen-bond acceptors (Lipinski definition) is 2. The minimum atomic E-state index is -4.30. The molecule has 1 aromatic heterocycles. The second-order valence-corrected chi connectivity index (χ2v) is 3.72. The zero-order valence-corrected chi connectivity index (χ0v) is 9.12. The average molecular weight is 240 g/mol. The maximum atomic E-state index is 12.7. The molecule has 0 amide bonds. The van der Waals surface area contributed by atoms with Gasteiger partial charge in [0.1, 0.15) is 6.04 Å². The van der Waals surface area contributed by atoms with Crippen LogP contribution >= 0.6 is 0 Å². The van der Waals surface area contributed by atoms with E-state index in [9.17, 15) is 13.2 Å². The van der Waals surface area contributed by atoms with Gasteiger partial charge in [0.05, 0.1) is 5.52 Å². The van der Waals surface area contributed by atoms with Gasteiger partial charge in [-0.05, 0) is 30.8 Å². The van der Waals surface area contributed by atoms with Gasteiger partial charge >= 0.3 is 6.18 Å². The monoisotopic (exact) mass is 240 g/mol. The lowest BCUT2D eigenvalue weighted by molar-refractivity contribution is -0.156. The van der Waals surface area contributed by atoms with Gasteiger partial charge in [0, 0.05) is 11.6 Å². The summed E-state index contributed by atoms with van der Waals surface area (Å²) >= 11 is 0. The zero-order valence-electron chi connectivity index (χ0n) is 9.12. The number of hydrogen-bond donors (Lipinski definition) is 1. The SMILES string of the molecule is CNC(c1ccc2ncccc2c1)C(F)(F)F. The first-order chi connectivity index (χ1) is 8.02. The Morgan fingerprint density at radius 3 is 2.65 bits per heavy atom. The van der Waals surface area contributed by atoms with Crippen LogP contribution in [0.1, 0.15) is 11.6 Å². The summed E-state index contributed by atoms with van der Waals surface area (Å²) in [7, 11) is 1.30. The molecule has 0 spiro atoms. The molecule has 0 saturated carbocycles. The molecule has 1 heterocycles. The van der Waals surface area contributed by atoms with Gasteiger partial charge in [-0.1, -0.05) is 12.1 Å². The topological polar surface area (TPSA) is 24.9 Å². The van der Waals surface area contributed by atoms with Crippen molar-refractivity contribution < 1.29 is 13.2 Å². The van der Waals surface area contributed by atoms with Crippen LogP contribution in [-0.4, -0.2) is 18.2 Å². The van der Waals surface area contributed by atoms with Crippen LogP contribution in [0.3, 0.4) is 0 Å². The van der Waals surface area contributed by atoms with E-state index >= 15 is 0 Å². The molecule has 17 heavy (non-hydrogen) atoms. The van der Waals surface area contributed by atoms with Crippen molar-refractivity contribution in [3.05, 3.63) is 42.1 Å². The van der Waals surface area contributed by atoms with E-state index in [0.29, 0.717) is 10.9 Å². The average Bonchev–Trinajstić information content (AvgIpc) is 2.28. The standard InChI is InChI=1S/C12H11F3N2/c1-16-11(12(13,14)15)9-4-5-10-8(7-9)3-2-6-17-10/h2-7,11,16H,1H3. The van der Waals surface area contributed by atoms with Gasteiger partial charge in [-0.3, -0.25) is 4.98 Å². The van der Waals surface area contributed by atoms with Crippen LogP contribution in [0.5, 0.6) is 0 Å². The number of halogens is 3. The number of nitrogens with one attached hydrogen (secondary N) is 1. The van der Waals surface area contributed by atoms with Gasteiger partial charge in [0.25, 0.3) is 0 Å². The molecule has 1 aromatic carbocycles. The van der Waals surface area contributed by atoms with Crippen molar-refractivity contribution >= 4 is 10.9 Å². The normalized spacial score (nSPS) is 13.9. The Morgan fingerprint density at radius 2 is 2.00 bits per heavy atom. The highest BCUT2D eigenvalue weighted by Crippen LogP contribution is 2.33. The van der Waals surface area contributed by atoms with E-state index in [-0.39, 0.29) is 5.56 Å². The molecule has 0 aliphatic heterocycles. The first kappa shape index (κ1) is 11.9. The third-order valence-corrected chi connectivity index (χ3v) is 2.58. The van der Waals surface area contributed by atoms with Crippen molar-refractivity contribution in [3.8, 4) is 0 Å². The molecule has 1 unspecified atom stereocenters. The van der Waals surface area contributed by atoms with Crippen molar-refractivity contribution in [1.82, 2.24) is 10.3 Å². The Labute approximate surface area is 96.5 Å². The van der Waals surface area contributed by atoms with Crippen LogP contribution in [-0.2, 0) is 0 Å². The first-order valence-electron chi connectivity index (χ1n) is 5.11. The van der Waals surface area contributed by atoms with E-state index in [2.05, 4.69) is 10.3 Å². The van der Waals surface area contributed by atoms with E-state index in [1.165, 1.54) is 19.2 Å². The molecule has 2 nitrogen and oxygen atoms in total. The Bertz CT molecular complexity index is 522. The molecule has 2 aromatic rings. The van der Waals surface area contributed by atoms with Crippen LogP contribution < -0.4 is 5.32 Å². The van der Waals surface area contributed by atoms with E-state index in [4.69, 9.17) is 0 Å². The summed E-state index contributed by atoms with van der Waals surface area (Å²) in [4.78, 5) is 4.07. The smallest absolute Gasteiger partial charge is 0.306 e. The highest BCUT2D eigenvalue weighted by Gasteiger charge is 2.39. The van der Waals surface area contributed by atoms with E-state index in [0.717, 1.165) is 0 Å². The molecule has 5 heteroatoms. The predicted molar refractivity (Wildman–Crippen MR) is 59.6 cm³/mol. The largest absolute Gasteiger partial charge is 0.407 e. The quantitative estimate of drug-likeness (QED) is 0.872. The van der Waals surface area contributed by atoms with Crippen molar-refractivity contribution in [1.29, 1.82) is 0 Å². The second-order valence-electron chi connectivity index (χ2n) is 3.72. The minimum absolute atomic E-state index is 0.195. The van der Waals surface area contributed by atoms with Gasteiger partial charge in [-0.15, -0.1) is 0 Å². The van der Waals surface area contributed by atoms with Crippen molar-refractivity contribution in [2.24, 2.45) is 0 Å². The van der Waals surface area contributed by atoms with Gasteiger partial charge in [-0.25, -0.2) is 0 Å². The molecule has 0 radical (unpaired) electrons. The molecule has 0 aliphatic carbocycles. The Hall–Kier alpha value is -1.62. The number of pyridine rings is 1. The van der Waals surface area contributed by atoms with E-state index in [1.807, 2.05) is 0 Å². The molecular weight excluding hydrogens is 229 g/mol. The highest BCUT2D eigenvalue weighted by molar-refractivity contribution is 5.79. The number of alkyl halides is 3. The van der Waals surface area contributed by atoms with E-state index < -0.39 is 12.2 Å². The third-order valence-electron chi connectivity index (χ3n) is 2.58. The van der Waals surface area contributed by atoms with Gasteiger partial charge < -0.3 is 5.32 Å². The zero-order chi connectivity index (χ0) is 12.5. The number of nitrogens with zero attached hydrogens (tertiary/aromatic N) is 1. The van der Waals surface area contributed by atoms with Crippen molar-refractivity contribution in [2.45, 2.75) is 12.2 Å². The highest BCUT2D eigenvalue weighted by atomic mass is 19.4. The fourth-order valence-corrected chi connectivity index (χ4v) is 1.79. The van der Waals surface area contributed by atoms with Crippen molar-refractivity contribution in [3.63, 3.8) is 0 Å². The van der Waals surface area contributed by atoms with Crippen LogP contribution in [0, 0.1) is 0 Å². The number of fused-ring (bicyclic) bond motifs is 1. The molecule has 1 atom stereocenters. The predicted octanol–water partition coefficient (Wildman–Crippen LogP) is 3.06. The lowest BCUT2D eigenvalue weighted by atomic mass is 10.0. The van der Waals surface area contributed by atoms with Gasteiger partial charge in [-0.2, -0.15) is 13.2 Å². The van der Waals surface area contributed by atoms with Gasteiger partial charge in [0.15, 0.2) is 0 Å². The molecule has 0 saturated heterocycles. The molecule has 1 N–H and O–H groups in total. The summed E-state index contributed by atoms with van der Waals surface area (Å²) in [6, 6.07) is 6.36. The van der Waals surface area contributed by atoms with Crippen LogP contribution in [0.4, 0.5) is 13.2 Å². The lowest BCUT2D eigenvalue weighted by Crippen LogP contribution is -2.31. The summed E-state index contributed by atoms with van der Waals surface area (Å²) in [6.07, 6.45) is -2.69. The summed E-state index contributed by atoms with van der Waals surface area (Å²) in [5, 5.41) is 2.98. The molecular formula is C12H11F3N2. The number of rotatable bonds is 2. The summed E-state index contributed by atoms with van der Waals surface area (Å²) in [5.74, 6) is 0. The Balaban J connectivity index is 2.48. The summed E-state index contributed by atoms with van der Waals surface area (Å²) in [6.45, 7) is 0. The Morgan fingerprint density at radius 1 is 1.24 bits per heavy atom. The third kappa shape index (κ3) is 2.39. The van der Waals surface area contributed by atoms with Crippen molar-refractivity contribution in [2.75, 3.05) is 7.05 Å². The Kier molecular flexibility index (Phi) is 3.02. The second kappa shape index (κ2) is 4.33.